The van der Waals surface area contributed by atoms with Gasteiger partial charge in [-0.15, -0.1) is 11.3 Å². The van der Waals surface area contributed by atoms with Crippen molar-refractivity contribution in [1.29, 1.82) is 0 Å². The normalized spacial score (nSPS) is 19.5. The Morgan fingerprint density at radius 1 is 1.25 bits per heavy atom. The number of nitrogens with one attached hydrogen (secondary N) is 1. The quantitative estimate of drug-likeness (QED) is 0.846. The van der Waals surface area contributed by atoms with Crippen LogP contribution in [-0.2, 0) is 29.0 Å². The number of amides is 2. The summed E-state index contributed by atoms with van der Waals surface area (Å²) in [5.41, 5.74) is 0.961. The Labute approximate surface area is 167 Å². The summed E-state index contributed by atoms with van der Waals surface area (Å²) in [6, 6.07) is 0.220. The number of carbonyl (C=O) groups excluding carboxylic acids is 2. The van der Waals surface area contributed by atoms with Crippen molar-refractivity contribution < 1.29 is 9.59 Å². The smallest absolute Gasteiger partial charge is 0.262 e. The van der Waals surface area contributed by atoms with E-state index in [0.717, 1.165) is 61.9 Å². The fourth-order valence-electron chi connectivity index (χ4n) is 4.25. The molecule has 2 amide bonds. The molecule has 2 aliphatic rings. The van der Waals surface area contributed by atoms with Crippen molar-refractivity contribution in [2.75, 3.05) is 13.1 Å². The van der Waals surface area contributed by atoms with Gasteiger partial charge in [-0.1, -0.05) is 0 Å². The lowest BCUT2D eigenvalue weighted by molar-refractivity contribution is -0.135. The molecule has 2 aromatic rings. The summed E-state index contributed by atoms with van der Waals surface area (Å²) >= 11 is 1.60. The third kappa shape index (κ3) is 3.70. The Morgan fingerprint density at radius 3 is 2.89 bits per heavy atom. The molecule has 0 saturated carbocycles. The molecule has 1 aliphatic heterocycles. The zero-order valence-corrected chi connectivity index (χ0v) is 17.0. The minimum atomic E-state index is -0.342. The molecule has 1 unspecified atom stereocenters. The molecule has 4 rings (SSSR count). The maximum atomic E-state index is 12.9. The second-order valence-corrected chi connectivity index (χ2v) is 8.86. The van der Waals surface area contributed by atoms with Gasteiger partial charge in [-0.2, -0.15) is 0 Å². The van der Waals surface area contributed by atoms with E-state index in [2.05, 4.69) is 10.3 Å². The molecular formula is C20H26N4O3S. The zero-order chi connectivity index (χ0) is 19.7. The summed E-state index contributed by atoms with van der Waals surface area (Å²) in [6.45, 7) is 2.65. The molecule has 150 valence electrons. The molecule has 7 nitrogen and oxygen atoms in total. The monoisotopic (exact) mass is 402 g/mol. The van der Waals surface area contributed by atoms with E-state index in [4.69, 9.17) is 0 Å². The Bertz CT molecular complexity index is 964. The standard InChI is InChI=1S/C20H26N4O3S/c1-13-6-4-5-9-24(13)17(26)10-21-16(25)11-23-12-22-19-18(20(23)27)14-7-2-3-8-15(14)28-19/h12-13H,2-11H2,1H3,(H,21,25). The first-order valence-corrected chi connectivity index (χ1v) is 10.9. The first kappa shape index (κ1) is 19.1. The van der Waals surface area contributed by atoms with Crippen molar-refractivity contribution >= 4 is 33.4 Å². The molecule has 1 saturated heterocycles. The van der Waals surface area contributed by atoms with E-state index >= 15 is 0 Å². The number of hydrogen-bond donors (Lipinski definition) is 1. The lowest BCUT2D eigenvalue weighted by atomic mass is 9.97. The molecule has 8 heteroatoms. The highest BCUT2D eigenvalue weighted by Gasteiger charge is 2.24. The average molecular weight is 403 g/mol. The zero-order valence-electron chi connectivity index (χ0n) is 16.2. The number of rotatable bonds is 4. The number of hydrogen-bond acceptors (Lipinski definition) is 5. The van der Waals surface area contributed by atoms with Gasteiger partial charge in [0, 0.05) is 17.5 Å². The number of aromatic nitrogens is 2. The van der Waals surface area contributed by atoms with E-state index in [9.17, 15) is 14.4 Å². The first-order valence-electron chi connectivity index (χ1n) is 10.1. The number of carbonyl (C=O) groups is 2. The molecule has 1 fully saturated rings. The van der Waals surface area contributed by atoms with Crippen LogP contribution in [0.3, 0.4) is 0 Å². The van der Waals surface area contributed by atoms with Gasteiger partial charge in [0.2, 0.25) is 11.8 Å². The van der Waals surface area contributed by atoms with E-state index in [1.807, 2.05) is 11.8 Å². The molecule has 0 spiro atoms. The van der Waals surface area contributed by atoms with Gasteiger partial charge in [-0.3, -0.25) is 19.0 Å². The minimum absolute atomic E-state index is 0.0263. The second kappa shape index (κ2) is 8.03. The lowest BCUT2D eigenvalue weighted by Crippen LogP contribution is -2.47. The Hall–Kier alpha value is -2.22. The van der Waals surface area contributed by atoms with Crippen molar-refractivity contribution in [3.63, 3.8) is 0 Å². The summed E-state index contributed by atoms with van der Waals surface area (Å²) in [7, 11) is 0. The summed E-state index contributed by atoms with van der Waals surface area (Å²) < 4.78 is 1.35. The Kier molecular flexibility index (Phi) is 5.48. The van der Waals surface area contributed by atoms with Gasteiger partial charge in [0.1, 0.15) is 11.4 Å². The minimum Gasteiger partial charge on any atom is -0.345 e. The fraction of sp³-hybridized carbons (Fsp3) is 0.600. The van der Waals surface area contributed by atoms with E-state index < -0.39 is 0 Å². The van der Waals surface area contributed by atoms with Crippen molar-refractivity contribution in [3.05, 3.63) is 27.1 Å². The fourth-order valence-corrected chi connectivity index (χ4v) is 5.47. The van der Waals surface area contributed by atoms with Crippen LogP contribution in [0.2, 0.25) is 0 Å². The molecule has 1 atom stereocenters. The molecule has 3 heterocycles. The highest BCUT2D eigenvalue weighted by molar-refractivity contribution is 7.18. The number of piperidine rings is 1. The van der Waals surface area contributed by atoms with Crippen LogP contribution in [0.25, 0.3) is 10.2 Å². The van der Waals surface area contributed by atoms with Crippen molar-refractivity contribution in [1.82, 2.24) is 19.8 Å². The van der Waals surface area contributed by atoms with Gasteiger partial charge in [-0.05, 0) is 57.4 Å². The molecule has 1 aliphatic carbocycles. The molecule has 28 heavy (non-hydrogen) atoms. The highest BCUT2D eigenvalue weighted by Crippen LogP contribution is 2.33. The SMILES string of the molecule is CC1CCCCN1C(=O)CNC(=O)Cn1cnc2sc3c(c2c1=O)CCCC3. The summed E-state index contributed by atoms with van der Waals surface area (Å²) in [5, 5.41) is 3.34. The topological polar surface area (TPSA) is 84.3 Å². The maximum absolute atomic E-state index is 12.9. The predicted molar refractivity (Wildman–Crippen MR) is 109 cm³/mol. The highest BCUT2D eigenvalue weighted by atomic mass is 32.1. The van der Waals surface area contributed by atoms with Gasteiger partial charge < -0.3 is 10.2 Å². The van der Waals surface area contributed by atoms with E-state index in [-0.39, 0.29) is 36.5 Å². The van der Waals surface area contributed by atoms with Crippen LogP contribution in [0.15, 0.2) is 11.1 Å². The molecule has 2 aromatic heterocycles. The molecule has 1 N–H and O–H groups in total. The van der Waals surface area contributed by atoms with Gasteiger partial charge >= 0.3 is 0 Å². The number of likely N-dealkylation sites (tertiary alicyclic amines) is 1. The van der Waals surface area contributed by atoms with Crippen LogP contribution in [0.5, 0.6) is 0 Å². The lowest BCUT2D eigenvalue weighted by Gasteiger charge is -2.33. The van der Waals surface area contributed by atoms with Crippen LogP contribution >= 0.6 is 11.3 Å². The summed E-state index contributed by atoms with van der Waals surface area (Å²) in [5.74, 6) is -0.404. The maximum Gasteiger partial charge on any atom is 0.262 e. The van der Waals surface area contributed by atoms with Gasteiger partial charge in [0.15, 0.2) is 0 Å². The van der Waals surface area contributed by atoms with Crippen LogP contribution < -0.4 is 10.9 Å². The predicted octanol–water partition coefficient (Wildman–Crippen LogP) is 1.85. The molecular weight excluding hydrogens is 376 g/mol. The molecule has 0 bridgehead atoms. The van der Waals surface area contributed by atoms with E-state index in [0.29, 0.717) is 5.39 Å². The first-order chi connectivity index (χ1) is 13.5. The van der Waals surface area contributed by atoms with Crippen LogP contribution in [0.1, 0.15) is 49.5 Å². The number of thiophene rings is 1. The van der Waals surface area contributed by atoms with Gasteiger partial charge in [0.05, 0.1) is 18.3 Å². The van der Waals surface area contributed by atoms with Crippen molar-refractivity contribution in [3.8, 4) is 0 Å². The Balaban J connectivity index is 1.43. The third-order valence-corrected chi connectivity index (χ3v) is 7.02. The van der Waals surface area contributed by atoms with Crippen LogP contribution in [0.4, 0.5) is 0 Å². The summed E-state index contributed by atoms with van der Waals surface area (Å²) in [4.78, 5) is 45.9. The van der Waals surface area contributed by atoms with E-state index in [1.54, 1.807) is 11.3 Å². The average Bonchev–Trinajstić information content (AvgIpc) is 3.08. The summed E-state index contributed by atoms with van der Waals surface area (Å²) in [6.07, 6.45) is 8.76. The van der Waals surface area contributed by atoms with E-state index in [1.165, 1.54) is 15.8 Å². The largest absolute Gasteiger partial charge is 0.345 e. The third-order valence-electron chi connectivity index (χ3n) is 5.82. The van der Waals surface area contributed by atoms with Crippen LogP contribution in [-0.4, -0.2) is 45.4 Å². The number of fused-ring (bicyclic) bond motifs is 3. The second-order valence-electron chi connectivity index (χ2n) is 7.78. The van der Waals surface area contributed by atoms with Crippen molar-refractivity contribution in [2.24, 2.45) is 0 Å². The molecule has 0 radical (unpaired) electrons. The number of aryl methyl sites for hydroxylation is 2. The Morgan fingerprint density at radius 2 is 2.07 bits per heavy atom. The van der Waals surface area contributed by atoms with Gasteiger partial charge in [0.25, 0.3) is 5.56 Å². The van der Waals surface area contributed by atoms with Crippen LogP contribution in [0, 0.1) is 0 Å². The number of nitrogens with zero attached hydrogens (tertiary/aromatic N) is 3. The molecule has 0 aromatic carbocycles. The van der Waals surface area contributed by atoms with Gasteiger partial charge in [-0.25, -0.2) is 4.98 Å². The van der Waals surface area contributed by atoms with Crippen molar-refractivity contribution in [2.45, 2.75) is 64.5 Å².